The second-order valence-corrected chi connectivity index (χ2v) is 5.93. The van der Waals surface area contributed by atoms with Crippen LogP contribution >= 0.6 is 11.8 Å². The highest BCUT2D eigenvalue weighted by Gasteiger charge is 2.28. The first-order valence-electron chi connectivity index (χ1n) is 4.63. The number of thioether (sulfide) groups is 1. The van der Waals surface area contributed by atoms with E-state index in [4.69, 9.17) is 5.73 Å². The summed E-state index contributed by atoms with van der Waals surface area (Å²) < 4.78 is 60.7. The molecule has 0 saturated carbocycles. The second-order valence-electron chi connectivity index (χ2n) is 3.09. The van der Waals surface area contributed by atoms with Crippen LogP contribution in [0.4, 0.5) is 18.9 Å². The topological polar surface area (TPSA) is 85.1 Å². The Bertz CT molecular complexity index is 505. The number of hydrogen-bond donors (Lipinski definition) is 2. The number of rotatable bonds is 5. The summed E-state index contributed by atoms with van der Waals surface area (Å²) >= 11 is -0.305. The van der Waals surface area contributed by atoms with Gasteiger partial charge >= 0.3 is 5.51 Å². The Balaban J connectivity index is 2.59. The number of aromatic nitrogens is 1. The first kappa shape index (κ1) is 15.1. The average molecular weight is 301 g/mol. The van der Waals surface area contributed by atoms with Crippen molar-refractivity contribution in [1.82, 2.24) is 9.71 Å². The van der Waals surface area contributed by atoms with E-state index in [0.717, 1.165) is 0 Å². The third-order valence-corrected chi connectivity index (χ3v) is 3.88. The van der Waals surface area contributed by atoms with Crippen molar-refractivity contribution >= 4 is 27.5 Å². The molecule has 10 heteroatoms. The van der Waals surface area contributed by atoms with Gasteiger partial charge in [0, 0.05) is 18.5 Å². The van der Waals surface area contributed by atoms with Gasteiger partial charge in [0.1, 0.15) is 0 Å². The molecule has 0 saturated heterocycles. The molecular formula is C8H10F3N3O2S2. The summed E-state index contributed by atoms with van der Waals surface area (Å²) in [7, 11) is -3.98. The van der Waals surface area contributed by atoms with Gasteiger partial charge in [0.2, 0.25) is 0 Å². The van der Waals surface area contributed by atoms with Crippen LogP contribution in [0.2, 0.25) is 0 Å². The van der Waals surface area contributed by atoms with Crippen molar-refractivity contribution in [2.45, 2.75) is 10.5 Å². The fraction of sp³-hybridized carbons (Fsp3) is 0.375. The molecule has 1 aromatic rings. The highest BCUT2D eigenvalue weighted by molar-refractivity contribution is 8.00. The Morgan fingerprint density at radius 1 is 1.44 bits per heavy atom. The first-order chi connectivity index (χ1) is 8.22. The van der Waals surface area contributed by atoms with Gasteiger partial charge in [0.25, 0.3) is 10.0 Å². The molecule has 0 aliphatic rings. The van der Waals surface area contributed by atoms with Gasteiger partial charge in [-0.1, -0.05) is 0 Å². The van der Waals surface area contributed by atoms with Gasteiger partial charge in [-0.15, -0.1) is 0 Å². The molecule has 3 N–H and O–H groups in total. The van der Waals surface area contributed by atoms with Crippen molar-refractivity contribution in [3.8, 4) is 0 Å². The van der Waals surface area contributed by atoms with Gasteiger partial charge in [-0.05, 0) is 23.9 Å². The molecular weight excluding hydrogens is 291 g/mol. The van der Waals surface area contributed by atoms with E-state index < -0.39 is 21.3 Å². The number of nitrogens with two attached hydrogens (primary N) is 1. The minimum Gasteiger partial charge on any atom is -0.396 e. The van der Waals surface area contributed by atoms with Crippen LogP contribution in [0.25, 0.3) is 0 Å². The molecule has 1 aromatic heterocycles. The highest BCUT2D eigenvalue weighted by Crippen LogP contribution is 2.29. The Labute approximate surface area is 106 Å². The maximum Gasteiger partial charge on any atom is 0.441 e. The van der Waals surface area contributed by atoms with Gasteiger partial charge in [0.15, 0.2) is 5.03 Å². The van der Waals surface area contributed by atoms with Crippen LogP contribution in [0, 0.1) is 0 Å². The Morgan fingerprint density at radius 3 is 2.67 bits per heavy atom. The summed E-state index contributed by atoms with van der Waals surface area (Å²) in [5.74, 6) is -0.421. The van der Waals surface area contributed by atoms with Gasteiger partial charge in [-0.3, -0.25) is 0 Å². The monoisotopic (exact) mass is 301 g/mol. The third-order valence-electron chi connectivity index (χ3n) is 1.72. The number of pyridine rings is 1. The van der Waals surface area contributed by atoms with Gasteiger partial charge < -0.3 is 5.73 Å². The number of hydrogen-bond acceptors (Lipinski definition) is 5. The maximum absolute atomic E-state index is 11.8. The van der Waals surface area contributed by atoms with Crippen LogP contribution in [0.5, 0.6) is 0 Å². The molecule has 1 rings (SSSR count). The number of sulfonamides is 1. The highest BCUT2D eigenvalue weighted by atomic mass is 32.2. The van der Waals surface area contributed by atoms with Crippen molar-refractivity contribution < 1.29 is 21.6 Å². The van der Waals surface area contributed by atoms with E-state index >= 15 is 0 Å². The Hall–Kier alpha value is -1.00. The molecule has 0 amide bonds. The molecule has 18 heavy (non-hydrogen) atoms. The summed E-state index contributed by atoms with van der Waals surface area (Å²) in [4.78, 5) is 3.57. The molecule has 0 atom stereocenters. The number of nitrogen functional groups attached to an aromatic ring is 1. The number of anilines is 1. The van der Waals surface area contributed by atoms with Crippen molar-refractivity contribution in [2.75, 3.05) is 18.0 Å². The normalized spacial score (nSPS) is 12.6. The second kappa shape index (κ2) is 5.76. The van der Waals surface area contributed by atoms with Crippen LogP contribution in [0.1, 0.15) is 0 Å². The number of nitrogens with zero attached hydrogens (tertiary/aromatic N) is 1. The number of nitrogens with one attached hydrogen (secondary N) is 1. The molecule has 0 spiro atoms. The van der Waals surface area contributed by atoms with Crippen LogP contribution in [0.15, 0.2) is 23.4 Å². The van der Waals surface area contributed by atoms with E-state index in [2.05, 4.69) is 4.98 Å². The fourth-order valence-corrected chi connectivity index (χ4v) is 2.69. The van der Waals surface area contributed by atoms with Gasteiger partial charge in [-0.25, -0.2) is 18.1 Å². The molecule has 5 nitrogen and oxygen atoms in total. The lowest BCUT2D eigenvalue weighted by atomic mass is 10.4. The van der Waals surface area contributed by atoms with Gasteiger partial charge in [-0.2, -0.15) is 13.2 Å². The average Bonchev–Trinajstić information content (AvgIpc) is 2.24. The van der Waals surface area contributed by atoms with E-state index in [9.17, 15) is 21.6 Å². The molecule has 0 bridgehead atoms. The van der Waals surface area contributed by atoms with Crippen molar-refractivity contribution in [1.29, 1.82) is 0 Å². The lowest BCUT2D eigenvalue weighted by Gasteiger charge is -2.08. The minimum absolute atomic E-state index is 0.0616. The zero-order valence-corrected chi connectivity index (χ0v) is 10.6. The quantitative estimate of drug-likeness (QED) is 0.798. The van der Waals surface area contributed by atoms with E-state index in [1.165, 1.54) is 18.3 Å². The third kappa shape index (κ3) is 4.70. The number of alkyl halides is 3. The molecule has 0 fully saturated rings. The van der Waals surface area contributed by atoms with Crippen molar-refractivity contribution in [3.63, 3.8) is 0 Å². The molecule has 0 radical (unpaired) electrons. The Morgan fingerprint density at radius 2 is 2.11 bits per heavy atom. The van der Waals surface area contributed by atoms with Crippen molar-refractivity contribution in [2.24, 2.45) is 0 Å². The zero-order chi connectivity index (χ0) is 13.8. The fourth-order valence-electron chi connectivity index (χ4n) is 1.04. The van der Waals surface area contributed by atoms with Crippen LogP contribution < -0.4 is 10.5 Å². The largest absolute Gasteiger partial charge is 0.441 e. The lowest BCUT2D eigenvalue weighted by molar-refractivity contribution is -0.0327. The van der Waals surface area contributed by atoms with Crippen LogP contribution in [-0.4, -0.2) is 31.2 Å². The SMILES string of the molecule is Nc1cccnc1S(=O)(=O)NCCSC(F)(F)F. The summed E-state index contributed by atoms with van der Waals surface area (Å²) in [6, 6.07) is 2.79. The lowest BCUT2D eigenvalue weighted by Crippen LogP contribution is -2.28. The minimum atomic E-state index is -4.38. The predicted octanol–water partition coefficient (Wildman–Crippen LogP) is 1.20. The first-order valence-corrected chi connectivity index (χ1v) is 7.10. The molecule has 0 aromatic carbocycles. The Kier molecular flexibility index (Phi) is 4.82. The van der Waals surface area contributed by atoms with Gasteiger partial charge in [0.05, 0.1) is 5.69 Å². The maximum atomic E-state index is 11.8. The van der Waals surface area contributed by atoms with Crippen LogP contribution in [-0.2, 0) is 10.0 Å². The summed E-state index contributed by atoms with van der Waals surface area (Å²) in [5.41, 5.74) is 0.972. The molecule has 102 valence electrons. The molecule has 0 aliphatic carbocycles. The van der Waals surface area contributed by atoms with E-state index in [1.807, 2.05) is 4.72 Å². The molecule has 0 unspecified atom stereocenters. The summed E-state index contributed by atoms with van der Waals surface area (Å²) in [6.07, 6.45) is 1.23. The van der Waals surface area contributed by atoms with E-state index in [0.29, 0.717) is 0 Å². The predicted molar refractivity (Wildman–Crippen MR) is 62.4 cm³/mol. The van der Waals surface area contributed by atoms with Crippen molar-refractivity contribution in [3.05, 3.63) is 18.3 Å². The van der Waals surface area contributed by atoms with E-state index in [-0.39, 0.29) is 29.0 Å². The zero-order valence-electron chi connectivity index (χ0n) is 8.94. The van der Waals surface area contributed by atoms with E-state index in [1.54, 1.807) is 0 Å². The molecule has 0 aliphatic heterocycles. The summed E-state index contributed by atoms with van der Waals surface area (Å²) in [5, 5.41) is -0.387. The standard InChI is InChI=1S/C8H10F3N3O2S2/c9-8(10,11)17-5-4-14-18(15,16)7-6(12)2-1-3-13-7/h1-3,14H,4-5,12H2. The molecule has 1 heterocycles. The van der Waals surface area contributed by atoms with Crippen LogP contribution in [0.3, 0.4) is 0 Å². The smallest absolute Gasteiger partial charge is 0.396 e. The summed E-state index contributed by atoms with van der Waals surface area (Å²) in [6.45, 7) is -0.359. The number of halogens is 3.